The number of hydrogen-bond donors (Lipinski definition) is 1. The SMILES string of the molecule is COCCN(C)CCNCc1cc(Br)cc([N+](=O)[O-])c1. The number of methoxy groups -OCH3 is 1. The van der Waals surface area contributed by atoms with Gasteiger partial charge in [-0.15, -0.1) is 0 Å². The third kappa shape index (κ3) is 6.42. The summed E-state index contributed by atoms with van der Waals surface area (Å²) in [5, 5.41) is 14.0. The van der Waals surface area contributed by atoms with Gasteiger partial charge in [-0.05, 0) is 18.7 Å². The number of nitro groups is 1. The maximum Gasteiger partial charge on any atom is 0.270 e. The third-order valence-corrected chi connectivity index (χ3v) is 3.29. The Kier molecular flexibility index (Phi) is 7.68. The second-order valence-electron chi connectivity index (χ2n) is 4.55. The molecule has 0 atom stereocenters. The second kappa shape index (κ2) is 9.02. The third-order valence-electron chi connectivity index (χ3n) is 2.83. The van der Waals surface area contributed by atoms with Crippen LogP contribution in [0.5, 0.6) is 0 Å². The number of nitro benzene ring substituents is 1. The molecule has 0 aliphatic heterocycles. The highest BCUT2D eigenvalue weighted by molar-refractivity contribution is 9.10. The van der Waals surface area contributed by atoms with Crippen LogP contribution in [0.3, 0.4) is 0 Å². The lowest BCUT2D eigenvalue weighted by atomic mass is 10.2. The van der Waals surface area contributed by atoms with Gasteiger partial charge in [-0.25, -0.2) is 0 Å². The lowest BCUT2D eigenvalue weighted by Crippen LogP contribution is -2.31. The molecule has 1 rings (SSSR count). The molecule has 0 aliphatic rings. The van der Waals surface area contributed by atoms with Crippen molar-refractivity contribution in [3.8, 4) is 0 Å². The summed E-state index contributed by atoms with van der Waals surface area (Å²) in [5.74, 6) is 0. The topological polar surface area (TPSA) is 67.6 Å². The molecule has 0 unspecified atom stereocenters. The summed E-state index contributed by atoms with van der Waals surface area (Å²) in [6, 6.07) is 4.98. The van der Waals surface area contributed by atoms with Gasteiger partial charge in [-0.3, -0.25) is 10.1 Å². The van der Waals surface area contributed by atoms with E-state index >= 15 is 0 Å². The van der Waals surface area contributed by atoms with Crippen LogP contribution < -0.4 is 5.32 Å². The van der Waals surface area contributed by atoms with E-state index in [0.29, 0.717) is 13.2 Å². The normalized spacial score (nSPS) is 11.0. The first-order chi connectivity index (χ1) is 9.52. The highest BCUT2D eigenvalue weighted by Gasteiger charge is 2.08. The van der Waals surface area contributed by atoms with Crippen molar-refractivity contribution in [1.82, 2.24) is 10.2 Å². The van der Waals surface area contributed by atoms with E-state index in [0.717, 1.165) is 29.7 Å². The van der Waals surface area contributed by atoms with E-state index in [2.05, 4.69) is 26.1 Å². The number of halogens is 1. The fraction of sp³-hybridized carbons (Fsp3) is 0.538. The van der Waals surface area contributed by atoms with Gasteiger partial charge in [0.1, 0.15) is 0 Å². The molecule has 1 N–H and O–H groups in total. The van der Waals surface area contributed by atoms with Crippen LogP contribution in [0.2, 0.25) is 0 Å². The van der Waals surface area contributed by atoms with E-state index in [-0.39, 0.29) is 10.6 Å². The van der Waals surface area contributed by atoms with Crippen LogP contribution in [0.1, 0.15) is 5.56 Å². The molecule has 0 radical (unpaired) electrons. The largest absolute Gasteiger partial charge is 0.383 e. The van der Waals surface area contributed by atoms with Crippen LogP contribution >= 0.6 is 15.9 Å². The number of ether oxygens (including phenoxy) is 1. The Bertz CT molecular complexity index is 443. The van der Waals surface area contributed by atoms with Gasteiger partial charge in [-0.2, -0.15) is 0 Å². The molecule has 6 nitrogen and oxygen atoms in total. The molecular weight excluding hydrogens is 326 g/mol. The predicted octanol–water partition coefficient (Wildman–Crippen LogP) is 2.03. The van der Waals surface area contributed by atoms with Crippen LogP contribution in [0.4, 0.5) is 5.69 Å². The Balaban J connectivity index is 2.37. The quantitative estimate of drug-likeness (QED) is 0.421. The molecule has 0 saturated heterocycles. The van der Waals surface area contributed by atoms with Crippen molar-refractivity contribution in [3.63, 3.8) is 0 Å². The van der Waals surface area contributed by atoms with Crippen LogP contribution in [0.25, 0.3) is 0 Å². The van der Waals surface area contributed by atoms with Crippen molar-refractivity contribution in [3.05, 3.63) is 38.3 Å². The number of nitrogens with zero attached hydrogens (tertiary/aromatic N) is 2. The van der Waals surface area contributed by atoms with E-state index in [1.54, 1.807) is 13.2 Å². The first-order valence-corrected chi connectivity index (χ1v) is 7.14. The summed E-state index contributed by atoms with van der Waals surface area (Å²) in [6.45, 7) is 3.94. The lowest BCUT2D eigenvalue weighted by molar-refractivity contribution is -0.385. The summed E-state index contributed by atoms with van der Waals surface area (Å²) in [6.07, 6.45) is 0. The molecule has 0 aliphatic carbocycles. The monoisotopic (exact) mass is 345 g/mol. The molecule has 0 saturated carbocycles. The standard InChI is InChI=1S/C13H20BrN3O3/c1-16(5-6-20-2)4-3-15-10-11-7-12(14)9-13(8-11)17(18)19/h7-9,15H,3-6,10H2,1-2H3. The minimum atomic E-state index is -0.382. The van der Waals surface area contributed by atoms with Gasteiger partial charge in [0, 0.05) is 49.9 Å². The van der Waals surface area contributed by atoms with Gasteiger partial charge in [0.15, 0.2) is 0 Å². The van der Waals surface area contributed by atoms with Gasteiger partial charge in [-0.1, -0.05) is 15.9 Å². The van der Waals surface area contributed by atoms with E-state index < -0.39 is 0 Å². The maximum absolute atomic E-state index is 10.8. The van der Waals surface area contributed by atoms with Gasteiger partial charge < -0.3 is 15.0 Å². The zero-order valence-electron chi connectivity index (χ0n) is 11.8. The number of benzene rings is 1. The minimum absolute atomic E-state index is 0.105. The van der Waals surface area contributed by atoms with E-state index in [4.69, 9.17) is 4.74 Å². The fourth-order valence-electron chi connectivity index (χ4n) is 1.70. The molecule has 1 aromatic carbocycles. The van der Waals surface area contributed by atoms with Crippen molar-refractivity contribution in [2.45, 2.75) is 6.54 Å². The smallest absolute Gasteiger partial charge is 0.270 e. The van der Waals surface area contributed by atoms with Gasteiger partial charge in [0.25, 0.3) is 5.69 Å². The first kappa shape index (κ1) is 17.0. The van der Waals surface area contributed by atoms with E-state index in [1.165, 1.54) is 6.07 Å². The van der Waals surface area contributed by atoms with Gasteiger partial charge >= 0.3 is 0 Å². The highest BCUT2D eigenvalue weighted by Crippen LogP contribution is 2.21. The lowest BCUT2D eigenvalue weighted by Gasteiger charge is -2.16. The molecule has 0 spiro atoms. The van der Waals surface area contributed by atoms with Crippen molar-refractivity contribution in [2.24, 2.45) is 0 Å². The first-order valence-electron chi connectivity index (χ1n) is 6.35. The second-order valence-corrected chi connectivity index (χ2v) is 5.46. The Hall–Kier alpha value is -1.02. The van der Waals surface area contributed by atoms with E-state index in [1.807, 2.05) is 13.1 Å². The summed E-state index contributed by atoms with van der Waals surface area (Å²) in [4.78, 5) is 12.6. The molecule has 0 bridgehead atoms. The molecule has 7 heteroatoms. The van der Waals surface area contributed by atoms with Crippen LogP contribution in [0.15, 0.2) is 22.7 Å². The molecule has 112 valence electrons. The molecule has 0 heterocycles. The molecule has 0 aromatic heterocycles. The predicted molar refractivity (Wildman–Crippen MR) is 81.9 cm³/mol. The van der Waals surface area contributed by atoms with Crippen molar-refractivity contribution in [2.75, 3.05) is 40.4 Å². The van der Waals surface area contributed by atoms with Crippen molar-refractivity contribution in [1.29, 1.82) is 0 Å². The van der Waals surface area contributed by atoms with Crippen LogP contribution in [0, 0.1) is 10.1 Å². The maximum atomic E-state index is 10.8. The minimum Gasteiger partial charge on any atom is -0.383 e. The highest BCUT2D eigenvalue weighted by atomic mass is 79.9. The Morgan fingerprint density at radius 3 is 2.80 bits per heavy atom. The number of hydrogen-bond acceptors (Lipinski definition) is 5. The number of nitrogens with one attached hydrogen (secondary N) is 1. The average Bonchev–Trinajstić information content (AvgIpc) is 2.40. The molecule has 0 amide bonds. The summed E-state index contributed by atoms with van der Waals surface area (Å²) >= 11 is 3.29. The van der Waals surface area contributed by atoms with Crippen molar-refractivity contribution < 1.29 is 9.66 Å². The number of non-ortho nitro benzene ring substituents is 1. The Morgan fingerprint density at radius 1 is 1.40 bits per heavy atom. The molecule has 20 heavy (non-hydrogen) atoms. The van der Waals surface area contributed by atoms with E-state index in [9.17, 15) is 10.1 Å². The molecular formula is C13H20BrN3O3. The molecule has 0 fully saturated rings. The number of likely N-dealkylation sites (N-methyl/N-ethyl adjacent to an activating group) is 1. The molecule has 1 aromatic rings. The summed E-state index contributed by atoms with van der Waals surface area (Å²) in [5.41, 5.74) is 0.999. The summed E-state index contributed by atoms with van der Waals surface area (Å²) < 4.78 is 5.73. The average molecular weight is 346 g/mol. The Morgan fingerprint density at radius 2 is 2.15 bits per heavy atom. The van der Waals surface area contributed by atoms with Gasteiger partial charge in [0.2, 0.25) is 0 Å². The van der Waals surface area contributed by atoms with Gasteiger partial charge in [0.05, 0.1) is 11.5 Å². The fourth-order valence-corrected chi connectivity index (χ4v) is 2.23. The van der Waals surface area contributed by atoms with Crippen molar-refractivity contribution >= 4 is 21.6 Å². The zero-order valence-corrected chi connectivity index (χ0v) is 13.4. The van der Waals surface area contributed by atoms with Crippen LogP contribution in [-0.2, 0) is 11.3 Å². The number of rotatable bonds is 9. The van der Waals surface area contributed by atoms with Crippen LogP contribution in [-0.4, -0.2) is 50.2 Å². The Labute approximate surface area is 127 Å². The summed E-state index contributed by atoms with van der Waals surface area (Å²) in [7, 11) is 3.72. The zero-order chi connectivity index (χ0) is 15.0.